The van der Waals surface area contributed by atoms with Gasteiger partial charge < -0.3 is 10.6 Å². The van der Waals surface area contributed by atoms with Gasteiger partial charge in [-0.2, -0.15) is 0 Å². The molecule has 1 aliphatic rings. The van der Waals surface area contributed by atoms with Gasteiger partial charge in [-0.05, 0) is 26.2 Å². The van der Waals surface area contributed by atoms with Crippen molar-refractivity contribution in [3.05, 3.63) is 0 Å². The molecule has 2 amide bonds. The van der Waals surface area contributed by atoms with Crippen LogP contribution in [-0.4, -0.2) is 18.6 Å². The van der Waals surface area contributed by atoms with Gasteiger partial charge in [0.1, 0.15) is 0 Å². The molecule has 3 heteroatoms. The molecule has 0 saturated heterocycles. The molecule has 3 nitrogen and oxygen atoms in total. The molecule has 0 aromatic carbocycles. The zero-order valence-corrected chi connectivity index (χ0v) is 7.89. The number of hydrogen-bond acceptors (Lipinski definition) is 1. The quantitative estimate of drug-likeness (QED) is 0.659. The third-order valence-corrected chi connectivity index (χ3v) is 1.95. The van der Waals surface area contributed by atoms with Crippen molar-refractivity contribution in [3.63, 3.8) is 0 Å². The lowest BCUT2D eigenvalue weighted by Gasteiger charge is -2.09. The van der Waals surface area contributed by atoms with Gasteiger partial charge in [0.05, 0.1) is 0 Å². The first kappa shape index (κ1) is 9.36. The van der Waals surface area contributed by atoms with Crippen LogP contribution in [0.15, 0.2) is 0 Å². The highest BCUT2D eigenvalue weighted by Crippen LogP contribution is 2.31. The van der Waals surface area contributed by atoms with E-state index in [1.807, 2.05) is 13.8 Å². The molecular weight excluding hydrogens is 152 g/mol. The molecule has 1 rings (SSSR count). The molecule has 0 aliphatic heterocycles. The van der Waals surface area contributed by atoms with Crippen LogP contribution >= 0.6 is 0 Å². The van der Waals surface area contributed by atoms with Crippen LogP contribution in [0.2, 0.25) is 0 Å². The molecule has 0 radical (unpaired) electrons. The van der Waals surface area contributed by atoms with Gasteiger partial charge in [-0.3, -0.25) is 0 Å². The third-order valence-electron chi connectivity index (χ3n) is 1.95. The lowest BCUT2D eigenvalue weighted by molar-refractivity contribution is 0.238. The zero-order chi connectivity index (χ0) is 8.97. The summed E-state index contributed by atoms with van der Waals surface area (Å²) < 4.78 is 0. The maximum Gasteiger partial charge on any atom is 0.314 e. The van der Waals surface area contributed by atoms with E-state index in [4.69, 9.17) is 0 Å². The Hall–Kier alpha value is -0.730. The first-order chi connectivity index (χ1) is 5.68. The van der Waals surface area contributed by atoms with Crippen molar-refractivity contribution >= 4 is 6.03 Å². The van der Waals surface area contributed by atoms with Crippen molar-refractivity contribution in [2.24, 2.45) is 5.92 Å². The van der Waals surface area contributed by atoms with Crippen molar-refractivity contribution in [3.8, 4) is 0 Å². The van der Waals surface area contributed by atoms with Crippen LogP contribution in [0, 0.1) is 5.92 Å². The average Bonchev–Trinajstić information content (AvgIpc) is 2.69. The van der Waals surface area contributed by atoms with E-state index in [-0.39, 0.29) is 12.1 Å². The van der Waals surface area contributed by atoms with E-state index in [2.05, 4.69) is 10.6 Å². The molecule has 1 aliphatic carbocycles. The molecule has 0 heterocycles. The molecule has 12 heavy (non-hydrogen) atoms. The number of rotatable bonds is 4. The minimum absolute atomic E-state index is 0.0364. The molecule has 0 bridgehead atoms. The van der Waals surface area contributed by atoms with Crippen LogP contribution in [0.1, 0.15) is 33.1 Å². The monoisotopic (exact) mass is 170 g/mol. The fourth-order valence-electron chi connectivity index (χ4n) is 1.11. The predicted octanol–water partition coefficient (Wildman–Crippen LogP) is 1.49. The lowest BCUT2D eigenvalue weighted by Crippen LogP contribution is -2.39. The van der Waals surface area contributed by atoms with Crippen molar-refractivity contribution in [2.75, 3.05) is 6.54 Å². The highest BCUT2D eigenvalue weighted by molar-refractivity contribution is 5.73. The summed E-state index contributed by atoms with van der Waals surface area (Å²) in [5.74, 6) is 0.893. The van der Waals surface area contributed by atoms with E-state index in [9.17, 15) is 4.79 Å². The first-order valence-corrected chi connectivity index (χ1v) is 4.73. The molecule has 0 aromatic heterocycles. The highest BCUT2D eigenvalue weighted by atomic mass is 16.2. The van der Waals surface area contributed by atoms with Gasteiger partial charge in [0.25, 0.3) is 0 Å². The summed E-state index contributed by atoms with van der Waals surface area (Å²) in [5, 5.41) is 5.62. The Labute approximate surface area is 73.9 Å². The van der Waals surface area contributed by atoms with Gasteiger partial charge in [0.15, 0.2) is 0 Å². The minimum atomic E-state index is -0.0364. The number of carbonyl (C=O) groups excluding carboxylic acids is 1. The van der Waals surface area contributed by atoms with Gasteiger partial charge in [0.2, 0.25) is 0 Å². The van der Waals surface area contributed by atoms with Crippen LogP contribution in [-0.2, 0) is 0 Å². The summed E-state index contributed by atoms with van der Waals surface area (Å²) in [7, 11) is 0. The maximum atomic E-state index is 11.0. The molecule has 0 spiro atoms. The van der Waals surface area contributed by atoms with E-state index in [1.54, 1.807) is 0 Å². The summed E-state index contributed by atoms with van der Waals surface area (Å²) in [6, 6.07) is 0.191. The average molecular weight is 170 g/mol. The smallest absolute Gasteiger partial charge is 0.314 e. The van der Waals surface area contributed by atoms with Crippen LogP contribution < -0.4 is 10.6 Å². The largest absolute Gasteiger partial charge is 0.338 e. The molecule has 1 fully saturated rings. The predicted molar refractivity (Wildman–Crippen MR) is 49.0 cm³/mol. The van der Waals surface area contributed by atoms with Crippen LogP contribution in [0.25, 0.3) is 0 Å². The third kappa shape index (κ3) is 4.21. The van der Waals surface area contributed by atoms with Crippen molar-refractivity contribution in [1.29, 1.82) is 0 Å². The number of amides is 2. The number of urea groups is 1. The summed E-state index contributed by atoms with van der Waals surface area (Å²) in [6.45, 7) is 4.74. The second-order valence-corrected chi connectivity index (χ2v) is 3.79. The summed E-state index contributed by atoms with van der Waals surface area (Å²) in [4.78, 5) is 11.0. The fourth-order valence-corrected chi connectivity index (χ4v) is 1.11. The Morgan fingerprint density at radius 3 is 2.67 bits per heavy atom. The van der Waals surface area contributed by atoms with Crippen LogP contribution in [0.3, 0.4) is 0 Å². The number of carbonyl (C=O) groups is 1. The van der Waals surface area contributed by atoms with Gasteiger partial charge in [-0.15, -0.1) is 0 Å². The minimum Gasteiger partial charge on any atom is -0.338 e. The van der Waals surface area contributed by atoms with Gasteiger partial charge >= 0.3 is 6.03 Å². The van der Waals surface area contributed by atoms with E-state index in [1.165, 1.54) is 12.8 Å². The lowest BCUT2D eigenvalue weighted by atomic mass is 10.3. The van der Waals surface area contributed by atoms with Crippen molar-refractivity contribution in [2.45, 2.75) is 39.2 Å². The first-order valence-electron chi connectivity index (χ1n) is 4.73. The van der Waals surface area contributed by atoms with Gasteiger partial charge in [-0.1, -0.05) is 12.8 Å². The normalized spacial score (nSPS) is 16.2. The van der Waals surface area contributed by atoms with Crippen molar-refractivity contribution in [1.82, 2.24) is 10.6 Å². The van der Waals surface area contributed by atoms with E-state index in [0.717, 1.165) is 18.9 Å². The van der Waals surface area contributed by atoms with E-state index < -0.39 is 0 Å². The van der Waals surface area contributed by atoms with Gasteiger partial charge in [0, 0.05) is 12.6 Å². The zero-order valence-electron chi connectivity index (χ0n) is 7.89. The Balaban J connectivity index is 1.93. The fraction of sp³-hybridized carbons (Fsp3) is 0.889. The number of hydrogen-bond donors (Lipinski definition) is 2. The molecule has 0 aromatic rings. The SMILES string of the molecule is CC(C)NC(=O)NCCC1CC1. The Morgan fingerprint density at radius 2 is 2.17 bits per heavy atom. The van der Waals surface area contributed by atoms with Crippen LogP contribution in [0.5, 0.6) is 0 Å². The summed E-state index contributed by atoms with van der Waals surface area (Å²) >= 11 is 0. The molecule has 1 saturated carbocycles. The molecule has 2 N–H and O–H groups in total. The van der Waals surface area contributed by atoms with Crippen molar-refractivity contribution < 1.29 is 4.79 Å². The maximum absolute atomic E-state index is 11.0. The standard InChI is InChI=1S/C9H18N2O/c1-7(2)11-9(12)10-6-5-8-3-4-8/h7-8H,3-6H2,1-2H3,(H2,10,11,12). The van der Waals surface area contributed by atoms with Crippen LogP contribution in [0.4, 0.5) is 4.79 Å². The summed E-state index contributed by atoms with van der Waals surface area (Å²) in [6.07, 6.45) is 3.85. The second-order valence-electron chi connectivity index (χ2n) is 3.79. The molecule has 0 unspecified atom stereocenters. The second kappa shape index (κ2) is 4.33. The Kier molecular flexibility index (Phi) is 3.38. The molecular formula is C9H18N2O. The molecule has 70 valence electrons. The topological polar surface area (TPSA) is 41.1 Å². The Morgan fingerprint density at radius 1 is 1.50 bits per heavy atom. The van der Waals surface area contributed by atoms with Gasteiger partial charge in [-0.25, -0.2) is 4.79 Å². The summed E-state index contributed by atoms with van der Waals surface area (Å²) in [5.41, 5.74) is 0. The molecule has 0 atom stereocenters. The van der Waals surface area contributed by atoms with E-state index >= 15 is 0 Å². The van der Waals surface area contributed by atoms with E-state index in [0.29, 0.717) is 0 Å². The number of nitrogens with one attached hydrogen (secondary N) is 2. The highest BCUT2D eigenvalue weighted by Gasteiger charge is 2.20. The Bertz CT molecular complexity index is 153.